The predicted molar refractivity (Wildman–Crippen MR) is 69.9 cm³/mol. The molecule has 0 aliphatic carbocycles. The smallest absolute Gasteiger partial charge is 0.145 e. The number of hydrogen-bond donors (Lipinski definition) is 2. The maximum absolute atomic E-state index is 6.25. The van der Waals surface area contributed by atoms with E-state index in [9.17, 15) is 0 Å². The number of nitrogen functional groups attached to an aromatic ring is 1. The molecular weight excluding hydrogens is 236 g/mol. The van der Waals surface area contributed by atoms with E-state index in [4.69, 9.17) is 17.3 Å². The van der Waals surface area contributed by atoms with Gasteiger partial charge >= 0.3 is 0 Å². The molecule has 2 aromatic heterocycles. The number of nitrogens with zero attached hydrogens (tertiary/aromatic N) is 2. The van der Waals surface area contributed by atoms with E-state index in [0.717, 1.165) is 27.2 Å². The normalized spacial score (nSPS) is 11.2. The third-order valence-electron chi connectivity index (χ3n) is 2.86. The van der Waals surface area contributed by atoms with Gasteiger partial charge in [-0.3, -0.25) is 5.10 Å². The zero-order chi connectivity index (χ0) is 12.0. The van der Waals surface area contributed by atoms with Crippen LogP contribution in [-0.2, 0) is 7.05 Å². The summed E-state index contributed by atoms with van der Waals surface area (Å²) in [6.07, 6.45) is 1.99. The second-order valence-electron chi connectivity index (χ2n) is 4.02. The van der Waals surface area contributed by atoms with Crippen molar-refractivity contribution in [3.8, 4) is 11.3 Å². The van der Waals surface area contributed by atoms with Gasteiger partial charge in [-0.25, -0.2) is 0 Å². The Morgan fingerprint density at radius 3 is 2.88 bits per heavy atom. The molecule has 5 heteroatoms. The highest BCUT2D eigenvalue weighted by atomic mass is 35.5. The van der Waals surface area contributed by atoms with Gasteiger partial charge in [-0.1, -0.05) is 11.6 Å². The summed E-state index contributed by atoms with van der Waals surface area (Å²) in [6, 6.07) is 7.77. The fourth-order valence-corrected chi connectivity index (χ4v) is 2.24. The molecule has 0 fully saturated rings. The molecule has 0 spiro atoms. The van der Waals surface area contributed by atoms with Gasteiger partial charge in [0, 0.05) is 35.8 Å². The number of aromatic nitrogens is 3. The lowest BCUT2D eigenvalue weighted by molar-refractivity contribution is 0.969. The van der Waals surface area contributed by atoms with Crippen LogP contribution < -0.4 is 5.73 Å². The van der Waals surface area contributed by atoms with E-state index in [2.05, 4.69) is 16.3 Å². The van der Waals surface area contributed by atoms with Crippen LogP contribution in [-0.4, -0.2) is 14.8 Å². The van der Waals surface area contributed by atoms with Crippen LogP contribution in [0.2, 0.25) is 5.02 Å². The number of nitrogens with one attached hydrogen (secondary N) is 1. The second-order valence-corrected chi connectivity index (χ2v) is 4.43. The van der Waals surface area contributed by atoms with E-state index in [1.165, 1.54) is 0 Å². The van der Waals surface area contributed by atoms with Crippen molar-refractivity contribution < 1.29 is 0 Å². The van der Waals surface area contributed by atoms with Crippen LogP contribution in [0.3, 0.4) is 0 Å². The zero-order valence-corrected chi connectivity index (χ0v) is 9.99. The molecule has 4 nitrogen and oxygen atoms in total. The number of benzene rings is 1. The average Bonchev–Trinajstić information content (AvgIpc) is 2.87. The Hall–Kier alpha value is -1.94. The van der Waals surface area contributed by atoms with Gasteiger partial charge in [0.05, 0.1) is 10.7 Å². The number of aryl methyl sites for hydroxylation is 1. The molecule has 0 bridgehead atoms. The number of nitrogens with two attached hydrogens (primary N) is 1. The molecule has 0 aliphatic heterocycles. The molecule has 17 heavy (non-hydrogen) atoms. The van der Waals surface area contributed by atoms with Crippen LogP contribution in [0.4, 0.5) is 5.82 Å². The number of rotatable bonds is 1. The largest absolute Gasteiger partial charge is 0.382 e. The third-order valence-corrected chi connectivity index (χ3v) is 3.17. The first-order valence-corrected chi connectivity index (χ1v) is 5.59. The number of halogens is 1. The van der Waals surface area contributed by atoms with Crippen molar-refractivity contribution in [2.24, 2.45) is 7.05 Å². The van der Waals surface area contributed by atoms with E-state index in [1.54, 1.807) is 6.07 Å². The number of H-pyrrole nitrogens is 1. The molecule has 0 saturated carbocycles. The van der Waals surface area contributed by atoms with Crippen LogP contribution >= 0.6 is 11.6 Å². The summed E-state index contributed by atoms with van der Waals surface area (Å²) < 4.78 is 2.03. The van der Waals surface area contributed by atoms with Crippen molar-refractivity contribution in [2.75, 3.05) is 5.73 Å². The highest BCUT2D eigenvalue weighted by Crippen LogP contribution is 2.30. The molecule has 2 heterocycles. The van der Waals surface area contributed by atoms with E-state index in [-0.39, 0.29) is 0 Å². The van der Waals surface area contributed by atoms with Gasteiger partial charge in [0.2, 0.25) is 0 Å². The number of hydrogen-bond acceptors (Lipinski definition) is 2. The third kappa shape index (κ3) is 1.57. The molecule has 0 radical (unpaired) electrons. The minimum atomic E-state index is 0.475. The van der Waals surface area contributed by atoms with Gasteiger partial charge in [-0.05, 0) is 18.2 Å². The predicted octanol–water partition coefficient (Wildman–Crippen LogP) is 2.80. The second kappa shape index (κ2) is 3.53. The molecule has 1 aromatic carbocycles. The Morgan fingerprint density at radius 2 is 2.18 bits per heavy atom. The number of aromatic amines is 1. The molecule has 0 aliphatic rings. The van der Waals surface area contributed by atoms with E-state index >= 15 is 0 Å². The number of fused-ring (bicyclic) bond motifs is 1. The average molecular weight is 247 g/mol. The first-order chi connectivity index (χ1) is 8.15. The summed E-state index contributed by atoms with van der Waals surface area (Å²) in [7, 11) is 1.99. The molecule has 0 amide bonds. The minimum absolute atomic E-state index is 0.475. The molecular formula is C12H11ClN4. The number of anilines is 1. The quantitative estimate of drug-likeness (QED) is 0.694. The summed E-state index contributed by atoms with van der Waals surface area (Å²) in [5.41, 5.74) is 8.53. The molecule has 0 atom stereocenters. The Kier molecular flexibility index (Phi) is 2.12. The molecule has 0 unspecified atom stereocenters. The minimum Gasteiger partial charge on any atom is -0.382 e. The van der Waals surface area contributed by atoms with Crippen LogP contribution in [0.5, 0.6) is 0 Å². The monoisotopic (exact) mass is 246 g/mol. The lowest BCUT2D eigenvalue weighted by Crippen LogP contribution is -1.86. The van der Waals surface area contributed by atoms with Gasteiger partial charge in [0.25, 0.3) is 0 Å². The van der Waals surface area contributed by atoms with Crippen molar-refractivity contribution in [2.45, 2.75) is 0 Å². The molecule has 3 N–H and O–H groups in total. The first-order valence-electron chi connectivity index (χ1n) is 5.21. The highest BCUT2D eigenvalue weighted by Gasteiger charge is 2.08. The summed E-state index contributed by atoms with van der Waals surface area (Å²) in [4.78, 5) is 0. The summed E-state index contributed by atoms with van der Waals surface area (Å²) >= 11 is 6.25. The van der Waals surface area contributed by atoms with Crippen molar-refractivity contribution >= 4 is 28.3 Å². The van der Waals surface area contributed by atoms with Crippen molar-refractivity contribution in [1.82, 2.24) is 14.8 Å². The Balaban J connectivity index is 2.27. The zero-order valence-electron chi connectivity index (χ0n) is 9.24. The lowest BCUT2D eigenvalue weighted by Gasteiger charge is -2.02. The first kappa shape index (κ1) is 10.2. The Labute approximate surface area is 103 Å². The van der Waals surface area contributed by atoms with Crippen molar-refractivity contribution in [1.29, 1.82) is 0 Å². The lowest BCUT2D eigenvalue weighted by atomic mass is 10.1. The standard InChI is InChI=1S/C12H11ClN4/c1-17-3-2-8-9(13)4-7(5-11(8)17)10-6-12(14)16-15-10/h2-6H,1H3,(H3,14,15,16). The SMILES string of the molecule is Cn1ccc2c(Cl)cc(-c3cc(N)n[nH]3)cc21. The Bertz CT molecular complexity index is 696. The van der Waals surface area contributed by atoms with E-state index in [0.29, 0.717) is 5.82 Å². The van der Waals surface area contributed by atoms with Crippen LogP contribution in [0, 0.1) is 0 Å². The van der Waals surface area contributed by atoms with Gasteiger partial charge in [-0.2, -0.15) is 5.10 Å². The van der Waals surface area contributed by atoms with Crippen LogP contribution in [0.25, 0.3) is 22.2 Å². The van der Waals surface area contributed by atoms with Gasteiger partial charge in [-0.15, -0.1) is 0 Å². The maximum Gasteiger partial charge on any atom is 0.145 e. The summed E-state index contributed by atoms with van der Waals surface area (Å²) in [5.74, 6) is 0.475. The maximum atomic E-state index is 6.25. The van der Waals surface area contributed by atoms with Gasteiger partial charge < -0.3 is 10.3 Å². The fourth-order valence-electron chi connectivity index (χ4n) is 1.97. The highest BCUT2D eigenvalue weighted by molar-refractivity contribution is 6.35. The fraction of sp³-hybridized carbons (Fsp3) is 0.0833. The topological polar surface area (TPSA) is 59.6 Å². The summed E-state index contributed by atoms with van der Waals surface area (Å²) in [6.45, 7) is 0. The molecule has 86 valence electrons. The van der Waals surface area contributed by atoms with Gasteiger partial charge in [0.15, 0.2) is 0 Å². The van der Waals surface area contributed by atoms with E-state index < -0.39 is 0 Å². The van der Waals surface area contributed by atoms with Crippen molar-refractivity contribution in [3.63, 3.8) is 0 Å². The molecule has 3 rings (SSSR count). The Morgan fingerprint density at radius 1 is 1.35 bits per heavy atom. The van der Waals surface area contributed by atoms with Crippen LogP contribution in [0.15, 0.2) is 30.5 Å². The van der Waals surface area contributed by atoms with Crippen molar-refractivity contribution in [3.05, 3.63) is 35.5 Å². The van der Waals surface area contributed by atoms with E-state index in [1.807, 2.05) is 29.9 Å². The van der Waals surface area contributed by atoms with Gasteiger partial charge in [0.1, 0.15) is 5.82 Å². The summed E-state index contributed by atoms with van der Waals surface area (Å²) in [5, 5.41) is 8.57. The molecule has 3 aromatic rings. The van der Waals surface area contributed by atoms with Crippen LogP contribution in [0.1, 0.15) is 0 Å². The molecule has 0 saturated heterocycles.